The Morgan fingerprint density at radius 1 is 1.23 bits per heavy atom. The maximum Gasteiger partial charge on any atom is 0.417 e. The van der Waals surface area contributed by atoms with Crippen LogP contribution in [0.1, 0.15) is 17.0 Å². The molecule has 0 fully saturated rings. The minimum absolute atomic E-state index is 0.0965. The predicted octanol–water partition coefficient (Wildman–Crippen LogP) is 1.63. The molecule has 13 heteroatoms. The highest BCUT2D eigenvalue weighted by Crippen LogP contribution is 2.44. The Morgan fingerprint density at radius 2 is 2.00 bits per heavy atom. The van der Waals surface area contributed by atoms with Crippen molar-refractivity contribution in [3.05, 3.63) is 41.5 Å². The SMILES string of the molecule is NCC1COc2ccc(-c3ccc(C(F)(F)F)c(S(N)(=O)=O)c3-c3nn[nH]n3)cc21. The summed E-state index contributed by atoms with van der Waals surface area (Å²) in [6.07, 6.45) is -4.98. The molecule has 1 aromatic heterocycles. The minimum Gasteiger partial charge on any atom is -0.493 e. The summed E-state index contributed by atoms with van der Waals surface area (Å²) < 4.78 is 70.8. The molecule has 5 N–H and O–H groups in total. The molecule has 0 spiro atoms. The lowest BCUT2D eigenvalue weighted by Gasteiger charge is -2.18. The first-order valence-electron chi connectivity index (χ1n) is 8.59. The molecular weight excluding hydrogens is 425 g/mol. The highest BCUT2D eigenvalue weighted by Gasteiger charge is 2.40. The number of halogens is 3. The van der Waals surface area contributed by atoms with Gasteiger partial charge in [0.25, 0.3) is 0 Å². The lowest BCUT2D eigenvalue weighted by atomic mass is 9.92. The van der Waals surface area contributed by atoms with Gasteiger partial charge in [-0.25, -0.2) is 13.6 Å². The van der Waals surface area contributed by atoms with Crippen LogP contribution in [0.15, 0.2) is 35.2 Å². The first-order valence-corrected chi connectivity index (χ1v) is 10.1. The van der Waals surface area contributed by atoms with E-state index in [9.17, 15) is 21.6 Å². The average Bonchev–Trinajstić information content (AvgIpc) is 3.34. The monoisotopic (exact) mass is 440 g/mol. The molecule has 30 heavy (non-hydrogen) atoms. The number of hydrogen-bond donors (Lipinski definition) is 3. The number of ether oxygens (including phenoxy) is 1. The Kier molecular flexibility index (Phi) is 4.75. The van der Waals surface area contributed by atoms with Gasteiger partial charge in [0.05, 0.1) is 17.7 Å². The third-order valence-electron chi connectivity index (χ3n) is 4.80. The molecule has 158 valence electrons. The fourth-order valence-corrected chi connectivity index (χ4v) is 4.45. The van der Waals surface area contributed by atoms with Gasteiger partial charge in [-0.05, 0) is 34.5 Å². The second kappa shape index (κ2) is 7.04. The Bertz CT molecular complexity index is 1210. The molecular formula is C17H15F3N6O3S. The predicted molar refractivity (Wildman–Crippen MR) is 98.7 cm³/mol. The second-order valence-electron chi connectivity index (χ2n) is 6.64. The van der Waals surface area contributed by atoms with Gasteiger partial charge >= 0.3 is 6.18 Å². The van der Waals surface area contributed by atoms with E-state index in [0.717, 1.165) is 11.6 Å². The van der Waals surface area contributed by atoms with Crippen LogP contribution in [-0.2, 0) is 16.2 Å². The van der Waals surface area contributed by atoms with Crippen molar-refractivity contribution in [2.75, 3.05) is 13.2 Å². The summed E-state index contributed by atoms with van der Waals surface area (Å²) in [5, 5.41) is 18.0. The molecule has 4 rings (SSSR count). The minimum atomic E-state index is -4.98. The van der Waals surface area contributed by atoms with Gasteiger partial charge < -0.3 is 10.5 Å². The van der Waals surface area contributed by atoms with E-state index in [1.54, 1.807) is 18.2 Å². The molecule has 1 atom stereocenters. The number of primary sulfonamides is 1. The van der Waals surface area contributed by atoms with E-state index in [4.69, 9.17) is 15.6 Å². The maximum atomic E-state index is 13.6. The van der Waals surface area contributed by atoms with Crippen molar-refractivity contribution in [2.24, 2.45) is 10.9 Å². The van der Waals surface area contributed by atoms with Gasteiger partial charge in [-0.3, -0.25) is 0 Å². The van der Waals surface area contributed by atoms with Crippen LogP contribution in [0.5, 0.6) is 5.75 Å². The number of sulfonamides is 1. The van der Waals surface area contributed by atoms with Gasteiger partial charge in [-0.2, -0.15) is 18.4 Å². The van der Waals surface area contributed by atoms with Crippen molar-refractivity contribution in [1.29, 1.82) is 0 Å². The molecule has 9 nitrogen and oxygen atoms in total. The molecule has 1 aliphatic heterocycles. The standard InChI is InChI=1S/C17H15F3N6O3S/c18-17(19,20)12-3-2-10(8-1-4-13-11(5-8)9(6-21)7-29-13)14(15(12)30(22,27)28)16-23-25-26-24-16/h1-5,9H,6-7,21H2,(H2,22,27,28)(H,23,24,25,26). The maximum absolute atomic E-state index is 13.6. The fourth-order valence-electron chi connectivity index (χ4n) is 3.47. The smallest absolute Gasteiger partial charge is 0.417 e. The number of nitrogens with one attached hydrogen (secondary N) is 1. The molecule has 0 saturated carbocycles. The van der Waals surface area contributed by atoms with Crippen molar-refractivity contribution in [3.8, 4) is 28.3 Å². The zero-order valence-corrected chi connectivity index (χ0v) is 16.0. The molecule has 2 aromatic carbocycles. The third-order valence-corrected chi connectivity index (χ3v) is 5.79. The number of alkyl halides is 3. The average molecular weight is 440 g/mol. The molecule has 0 saturated heterocycles. The van der Waals surface area contributed by atoms with Crippen LogP contribution >= 0.6 is 0 Å². The fraction of sp³-hybridized carbons (Fsp3) is 0.235. The topological polar surface area (TPSA) is 150 Å². The normalized spacial score (nSPS) is 16.4. The first-order chi connectivity index (χ1) is 14.1. The van der Waals surface area contributed by atoms with E-state index in [-0.39, 0.29) is 17.3 Å². The van der Waals surface area contributed by atoms with Gasteiger partial charge in [-0.1, -0.05) is 12.1 Å². The number of H-pyrrole nitrogens is 1. The molecule has 0 aliphatic carbocycles. The van der Waals surface area contributed by atoms with Crippen LogP contribution in [0.3, 0.4) is 0 Å². The summed E-state index contributed by atoms with van der Waals surface area (Å²) in [4.78, 5) is -1.12. The Labute approximate surface area is 168 Å². The van der Waals surface area contributed by atoms with Crippen molar-refractivity contribution in [3.63, 3.8) is 0 Å². The number of fused-ring (bicyclic) bond motifs is 1. The Morgan fingerprint density at radius 3 is 2.60 bits per heavy atom. The summed E-state index contributed by atoms with van der Waals surface area (Å²) in [5.74, 6) is 0.168. The third kappa shape index (κ3) is 3.40. The van der Waals surface area contributed by atoms with Crippen molar-refractivity contribution < 1.29 is 26.3 Å². The quantitative estimate of drug-likeness (QED) is 0.558. The van der Waals surface area contributed by atoms with E-state index in [0.29, 0.717) is 30.5 Å². The number of aromatic amines is 1. The lowest BCUT2D eigenvalue weighted by molar-refractivity contribution is -0.139. The van der Waals surface area contributed by atoms with Crippen LogP contribution in [0.2, 0.25) is 0 Å². The Balaban J connectivity index is 2.05. The summed E-state index contributed by atoms with van der Waals surface area (Å²) >= 11 is 0. The van der Waals surface area contributed by atoms with Crippen LogP contribution in [0.4, 0.5) is 13.2 Å². The van der Waals surface area contributed by atoms with Gasteiger partial charge in [-0.15, -0.1) is 10.2 Å². The molecule has 1 unspecified atom stereocenters. The summed E-state index contributed by atoms with van der Waals surface area (Å²) in [6.45, 7) is 0.687. The second-order valence-corrected chi connectivity index (χ2v) is 8.14. The molecule has 1 aliphatic rings. The summed E-state index contributed by atoms with van der Waals surface area (Å²) in [6, 6.07) is 6.76. The number of tetrazole rings is 1. The van der Waals surface area contributed by atoms with Gasteiger partial charge in [0, 0.05) is 18.0 Å². The first kappa shape index (κ1) is 20.3. The number of benzene rings is 2. The molecule has 0 amide bonds. The number of rotatable bonds is 4. The molecule has 0 bridgehead atoms. The van der Waals surface area contributed by atoms with E-state index in [2.05, 4.69) is 20.6 Å². The van der Waals surface area contributed by atoms with Crippen molar-refractivity contribution in [2.45, 2.75) is 17.0 Å². The van der Waals surface area contributed by atoms with Gasteiger partial charge in [0.15, 0.2) is 0 Å². The van der Waals surface area contributed by atoms with E-state index >= 15 is 0 Å². The zero-order chi connectivity index (χ0) is 21.7. The number of aromatic nitrogens is 4. The molecule has 3 aromatic rings. The number of nitrogens with zero attached hydrogens (tertiary/aromatic N) is 3. The van der Waals surface area contributed by atoms with Crippen molar-refractivity contribution >= 4 is 10.0 Å². The van der Waals surface area contributed by atoms with E-state index in [1.807, 2.05) is 0 Å². The number of nitrogens with two attached hydrogens (primary N) is 2. The van der Waals surface area contributed by atoms with Gasteiger partial charge in [0.1, 0.15) is 10.6 Å². The Hall–Kier alpha value is -3.03. The molecule has 2 heterocycles. The van der Waals surface area contributed by atoms with Crippen LogP contribution in [0.25, 0.3) is 22.5 Å². The highest BCUT2D eigenvalue weighted by atomic mass is 32.2. The summed E-state index contributed by atoms with van der Waals surface area (Å²) in [5.41, 5.74) is 5.28. The largest absolute Gasteiger partial charge is 0.493 e. The lowest BCUT2D eigenvalue weighted by Crippen LogP contribution is -2.21. The van der Waals surface area contributed by atoms with Crippen LogP contribution in [-0.4, -0.2) is 42.2 Å². The van der Waals surface area contributed by atoms with E-state index < -0.39 is 32.2 Å². The van der Waals surface area contributed by atoms with Crippen molar-refractivity contribution in [1.82, 2.24) is 20.6 Å². The number of hydrogen-bond acceptors (Lipinski definition) is 7. The van der Waals surface area contributed by atoms with E-state index in [1.165, 1.54) is 0 Å². The van der Waals surface area contributed by atoms with Crippen LogP contribution in [0, 0.1) is 0 Å². The van der Waals surface area contributed by atoms with Crippen LogP contribution < -0.4 is 15.6 Å². The zero-order valence-electron chi connectivity index (χ0n) is 15.1. The summed E-state index contributed by atoms with van der Waals surface area (Å²) in [7, 11) is -4.82. The van der Waals surface area contributed by atoms with Gasteiger partial charge in [0.2, 0.25) is 15.8 Å². The highest BCUT2D eigenvalue weighted by molar-refractivity contribution is 7.89. The molecule has 0 radical (unpaired) electrons.